The number of anilines is 2. The first kappa shape index (κ1) is 28.9. The van der Waals surface area contributed by atoms with Gasteiger partial charge in [-0.3, -0.25) is 14.5 Å². The van der Waals surface area contributed by atoms with Crippen LogP contribution >= 0.6 is 11.3 Å². The number of halogens is 2. The first-order chi connectivity index (χ1) is 20.0. The van der Waals surface area contributed by atoms with Crippen LogP contribution in [0.25, 0.3) is 10.2 Å². The summed E-state index contributed by atoms with van der Waals surface area (Å²) in [6.07, 6.45) is 5.03. The maximum Gasteiger partial charge on any atom is 0.313 e. The van der Waals surface area contributed by atoms with Crippen LogP contribution in [0.1, 0.15) is 80.5 Å². The van der Waals surface area contributed by atoms with E-state index in [2.05, 4.69) is 22.1 Å². The van der Waals surface area contributed by atoms with Crippen molar-refractivity contribution in [1.29, 1.82) is 0 Å². The molecule has 6 rings (SSSR count). The summed E-state index contributed by atoms with van der Waals surface area (Å²) in [4.78, 5) is 39.5. The Balaban J connectivity index is 1.21. The standard InChI is InChI=1S/C31H38F2N6O2S/c1-4-18-9-21(15-35-27(18)34)36-28(40)30(41)39-16-17(2)5-7-25(39)19-6-8-26-24(12-19)37-29(42-26)20-10-22-13-31(32,33)14-23(11-20)38(22)3/h6,8-9,12,15,17,20,22-23,25H,4-5,7,10-11,13-14,16H2,1-3H3,(H2,34,35)(H,36,40)/t17-,20?,22-,23+,25+/m0/s1. The van der Waals surface area contributed by atoms with Gasteiger partial charge in [0.25, 0.3) is 5.92 Å². The lowest BCUT2D eigenvalue weighted by molar-refractivity contribution is -0.146. The number of amides is 2. The fraction of sp³-hybridized carbons (Fsp3) is 0.548. The highest BCUT2D eigenvalue weighted by Crippen LogP contribution is 2.47. The van der Waals surface area contributed by atoms with Gasteiger partial charge in [-0.2, -0.15) is 0 Å². The molecule has 3 fully saturated rings. The van der Waals surface area contributed by atoms with Crippen LogP contribution in [0.4, 0.5) is 20.3 Å². The SMILES string of the molecule is CCc1cc(NC(=O)C(=O)N2C[C@@H](C)CC[C@@H]2c2ccc3sc(C4C[C@@H]5CC(F)(F)C[C@H](C4)N5C)nc3c2)cnc1N. The fourth-order valence-electron chi connectivity index (χ4n) is 7.07. The van der Waals surface area contributed by atoms with Crippen molar-refractivity contribution in [2.45, 2.75) is 88.8 Å². The average Bonchev–Trinajstić information content (AvgIpc) is 3.38. The van der Waals surface area contributed by atoms with E-state index >= 15 is 0 Å². The third-order valence-corrected chi connectivity index (χ3v) is 10.6. The summed E-state index contributed by atoms with van der Waals surface area (Å²) in [5.74, 6) is -3.01. The normalized spacial score (nSPS) is 27.6. The Morgan fingerprint density at radius 3 is 2.62 bits per heavy atom. The van der Waals surface area contributed by atoms with Crippen molar-refractivity contribution in [3.63, 3.8) is 0 Å². The van der Waals surface area contributed by atoms with Gasteiger partial charge in [0.2, 0.25) is 0 Å². The highest BCUT2D eigenvalue weighted by atomic mass is 32.1. The lowest BCUT2D eigenvalue weighted by atomic mass is 9.77. The zero-order valence-electron chi connectivity index (χ0n) is 24.3. The average molecular weight is 597 g/mol. The van der Waals surface area contributed by atoms with E-state index in [0.29, 0.717) is 37.3 Å². The van der Waals surface area contributed by atoms with Crippen molar-refractivity contribution in [1.82, 2.24) is 19.8 Å². The number of carbonyl (C=O) groups excluding carboxylic acids is 2. The first-order valence-electron chi connectivity index (χ1n) is 14.9. The van der Waals surface area contributed by atoms with Crippen molar-refractivity contribution >= 4 is 44.9 Å². The predicted octanol–water partition coefficient (Wildman–Crippen LogP) is 5.75. The molecule has 2 amide bonds. The smallest absolute Gasteiger partial charge is 0.313 e. The molecule has 1 unspecified atom stereocenters. The minimum absolute atomic E-state index is 0.0856. The largest absolute Gasteiger partial charge is 0.383 e. The fourth-order valence-corrected chi connectivity index (χ4v) is 8.14. The molecule has 8 nitrogen and oxygen atoms in total. The maximum atomic E-state index is 14.2. The third kappa shape index (κ3) is 5.60. The molecule has 0 aliphatic carbocycles. The molecule has 224 valence electrons. The first-order valence-corrected chi connectivity index (χ1v) is 15.7. The molecular weight excluding hydrogens is 558 g/mol. The van der Waals surface area contributed by atoms with Crippen LogP contribution in [0.2, 0.25) is 0 Å². The number of fused-ring (bicyclic) bond motifs is 3. The van der Waals surface area contributed by atoms with Gasteiger partial charge in [0.05, 0.1) is 33.2 Å². The predicted molar refractivity (Wildman–Crippen MR) is 161 cm³/mol. The van der Waals surface area contributed by atoms with Gasteiger partial charge in [-0.1, -0.05) is 19.9 Å². The summed E-state index contributed by atoms with van der Waals surface area (Å²) < 4.78 is 29.5. The minimum atomic E-state index is -2.59. The molecule has 5 heterocycles. The van der Waals surface area contributed by atoms with Gasteiger partial charge in [0, 0.05) is 37.4 Å². The van der Waals surface area contributed by atoms with Crippen molar-refractivity contribution in [2.75, 3.05) is 24.6 Å². The number of nitrogens with zero attached hydrogens (tertiary/aromatic N) is 4. The number of nitrogen functional groups attached to an aromatic ring is 1. The van der Waals surface area contributed by atoms with Crippen molar-refractivity contribution in [3.05, 3.63) is 46.6 Å². The van der Waals surface area contributed by atoms with Gasteiger partial charge in [-0.25, -0.2) is 18.7 Å². The molecule has 42 heavy (non-hydrogen) atoms. The van der Waals surface area contributed by atoms with Gasteiger partial charge in [-0.05, 0) is 74.4 Å². The Hall–Kier alpha value is -3.18. The summed E-state index contributed by atoms with van der Waals surface area (Å²) in [5, 5.41) is 3.72. The van der Waals surface area contributed by atoms with E-state index in [4.69, 9.17) is 10.7 Å². The molecule has 2 aromatic heterocycles. The number of piperidine rings is 3. The molecule has 1 aromatic carbocycles. The second-order valence-electron chi connectivity index (χ2n) is 12.4. The van der Waals surface area contributed by atoms with Crippen LogP contribution in [0.5, 0.6) is 0 Å². The number of aryl methyl sites for hydroxylation is 1. The van der Waals surface area contributed by atoms with Crippen molar-refractivity contribution in [2.24, 2.45) is 5.92 Å². The highest BCUT2D eigenvalue weighted by Gasteiger charge is 2.48. The number of nitrogens with two attached hydrogens (primary N) is 1. The number of hydrogen-bond acceptors (Lipinski definition) is 7. The van der Waals surface area contributed by atoms with Gasteiger partial charge < -0.3 is 16.0 Å². The summed E-state index contributed by atoms with van der Waals surface area (Å²) in [5.41, 5.74) is 8.96. The number of nitrogens with one attached hydrogen (secondary N) is 1. The molecule has 3 N–H and O–H groups in total. The molecule has 5 atom stereocenters. The molecular formula is C31H38F2N6O2S. The number of pyridine rings is 1. The zero-order valence-corrected chi connectivity index (χ0v) is 25.1. The number of hydrogen-bond donors (Lipinski definition) is 2. The molecule has 2 bridgehead atoms. The van der Waals surface area contributed by atoms with Gasteiger partial charge >= 0.3 is 11.8 Å². The Morgan fingerprint density at radius 2 is 1.90 bits per heavy atom. The lowest BCUT2D eigenvalue weighted by Crippen LogP contribution is -2.55. The Kier molecular flexibility index (Phi) is 7.67. The maximum absolute atomic E-state index is 14.2. The number of aromatic nitrogens is 2. The summed E-state index contributed by atoms with van der Waals surface area (Å²) >= 11 is 1.64. The molecule has 11 heteroatoms. The Morgan fingerprint density at radius 1 is 1.17 bits per heavy atom. The number of rotatable bonds is 4. The topological polar surface area (TPSA) is 104 Å². The lowest BCUT2D eigenvalue weighted by Gasteiger charge is -2.49. The zero-order chi connectivity index (χ0) is 29.8. The molecule has 3 aliphatic rings. The van der Waals surface area contributed by atoms with Gasteiger partial charge in [0.15, 0.2) is 0 Å². The number of alkyl halides is 2. The number of thiazole rings is 1. The Labute approximate surface area is 248 Å². The number of carbonyl (C=O) groups is 2. The van der Waals surface area contributed by atoms with Crippen LogP contribution in [-0.4, -0.2) is 63.2 Å². The van der Waals surface area contributed by atoms with Crippen LogP contribution in [0.3, 0.4) is 0 Å². The van der Waals surface area contributed by atoms with E-state index in [1.807, 2.05) is 32.2 Å². The van der Waals surface area contributed by atoms with E-state index in [1.165, 1.54) is 6.20 Å². The second kappa shape index (κ2) is 11.1. The molecule has 0 spiro atoms. The quantitative estimate of drug-likeness (QED) is 0.372. The van der Waals surface area contributed by atoms with Crippen LogP contribution in [-0.2, 0) is 16.0 Å². The monoisotopic (exact) mass is 596 g/mol. The van der Waals surface area contributed by atoms with Crippen LogP contribution < -0.4 is 11.1 Å². The van der Waals surface area contributed by atoms with Crippen molar-refractivity contribution < 1.29 is 18.4 Å². The number of benzene rings is 1. The summed E-state index contributed by atoms with van der Waals surface area (Å²) in [6, 6.07) is 7.36. The summed E-state index contributed by atoms with van der Waals surface area (Å²) in [6.45, 7) is 4.53. The summed E-state index contributed by atoms with van der Waals surface area (Å²) in [7, 11) is 1.97. The van der Waals surface area contributed by atoms with Crippen molar-refractivity contribution in [3.8, 4) is 0 Å². The second-order valence-corrected chi connectivity index (χ2v) is 13.5. The molecule has 0 saturated carbocycles. The van der Waals surface area contributed by atoms with Crippen LogP contribution in [0.15, 0.2) is 30.5 Å². The van der Waals surface area contributed by atoms with E-state index in [1.54, 1.807) is 22.3 Å². The third-order valence-electron chi connectivity index (χ3n) is 9.41. The number of likely N-dealkylation sites (tertiary alicyclic amines) is 1. The highest BCUT2D eigenvalue weighted by molar-refractivity contribution is 7.18. The molecule has 3 aromatic rings. The minimum Gasteiger partial charge on any atom is -0.383 e. The van der Waals surface area contributed by atoms with Gasteiger partial charge in [-0.15, -0.1) is 11.3 Å². The van der Waals surface area contributed by atoms with Crippen LogP contribution in [0, 0.1) is 5.92 Å². The van der Waals surface area contributed by atoms with E-state index in [-0.39, 0.29) is 42.8 Å². The van der Waals surface area contributed by atoms with E-state index < -0.39 is 17.7 Å². The molecule has 3 saturated heterocycles. The molecule has 3 aliphatic heterocycles. The Bertz CT molecular complexity index is 1490. The molecule has 0 radical (unpaired) electrons. The van der Waals surface area contributed by atoms with E-state index in [9.17, 15) is 18.4 Å². The van der Waals surface area contributed by atoms with E-state index in [0.717, 1.165) is 39.2 Å². The van der Waals surface area contributed by atoms with Gasteiger partial charge in [0.1, 0.15) is 5.82 Å².